The number of nitrogens with zero attached hydrogens (tertiary/aromatic N) is 3. The number of carbonyl (C=O) groups excluding carboxylic acids is 1. The van der Waals surface area contributed by atoms with Crippen LogP contribution in [0.5, 0.6) is 0 Å². The molecule has 1 aliphatic heterocycles. The second kappa shape index (κ2) is 9.19. The summed E-state index contributed by atoms with van der Waals surface area (Å²) in [6, 6.07) is 23.0. The average molecular weight is 466 g/mol. The quantitative estimate of drug-likeness (QED) is 0.443. The van der Waals surface area contributed by atoms with E-state index in [4.69, 9.17) is 0 Å². The van der Waals surface area contributed by atoms with Crippen molar-refractivity contribution in [2.45, 2.75) is 25.2 Å². The number of hydrogen-bond acceptors (Lipinski definition) is 4. The number of aryl methyl sites for hydroxylation is 1. The first kappa shape index (κ1) is 21.9. The van der Waals surface area contributed by atoms with Gasteiger partial charge in [-0.2, -0.15) is 5.10 Å². The zero-order valence-electron chi connectivity index (χ0n) is 20.1. The standard InChI is InChI=1S/C29H31N5O/c1-33-15-17-34(18-16-33)23-12-9-21(10-13-23)28-26-19-22(11-14-27(26)31-32-28)30-29(35)25-8-4-6-20-5-2-3-7-24(20)25/h2-3,5,7,9-14,19,25H,4,6,8,15-18H2,1H3,(H,30,35)(H,31,32). The van der Waals surface area contributed by atoms with E-state index in [1.165, 1.54) is 16.8 Å². The normalized spacial score (nSPS) is 18.4. The van der Waals surface area contributed by atoms with Crippen molar-refractivity contribution in [2.75, 3.05) is 43.4 Å². The number of nitrogens with one attached hydrogen (secondary N) is 2. The highest BCUT2D eigenvalue weighted by molar-refractivity contribution is 6.00. The maximum atomic E-state index is 13.2. The summed E-state index contributed by atoms with van der Waals surface area (Å²) in [6.45, 7) is 4.28. The summed E-state index contributed by atoms with van der Waals surface area (Å²) in [4.78, 5) is 18.0. The Kier molecular flexibility index (Phi) is 5.74. The summed E-state index contributed by atoms with van der Waals surface area (Å²) in [6.07, 6.45) is 2.99. The molecule has 4 aromatic rings. The molecule has 2 heterocycles. The first-order valence-electron chi connectivity index (χ1n) is 12.6. The fourth-order valence-corrected chi connectivity index (χ4v) is 5.46. The molecule has 1 amide bonds. The highest BCUT2D eigenvalue weighted by Gasteiger charge is 2.26. The third-order valence-corrected chi connectivity index (χ3v) is 7.53. The van der Waals surface area contributed by atoms with E-state index < -0.39 is 0 Å². The van der Waals surface area contributed by atoms with Gasteiger partial charge in [-0.25, -0.2) is 0 Å². The molecule has 0 radical (unpaired) electrons. The monoisotopic (exact) mass is 465 g/mol. The Bertz CT molecular complexity index is 1350. The Labute approximate surface area is 205 Å². The lowest BCUT2D eigenvalue weighted by molar-refractivity contribution is -0.117. The summed E-state index contributed by atoms with van der Waals surface area (Å²) < 4.78 is 0. The van der Waals surface area contributed by atoms with Gasteiger partial charge in [0.25, 0.3) is 0 Å². The molecule has 1 atom stereocenters. The molecule has 1 fully saturated rings. The molecule has 2 aliphatic rings. The maximum absolute atomic E-state index is 13.2. The number of benzene rings is 3. The number of rotatable bonds is 4. The zero-order chi connectivity index (χ0) is 23.8. The minimum atomic E-state index is -0.0958. The third-order valence-electron chi connectivity index (χ3n) is 7.53. The van der Waals surface area contributed by atoms with E-state index in [1.54, 1.807) is 0 Å². The van der Waals surface area contributed by atoms with E-state index in [-0.39, 0.29) is 11.8 Å². The van der Waals surface area contributed by atoms with Gasteiger partial charge in [-0.05, 0) is 67.8 Å². The van der Waals surface area contributed by atoms with Crippen LogP contribution in [0.25, 0.3) is 22.2 Å². The molecule has 178 valence electrons. The molecule has 1 aromatic heterocycles. The Morgan fingerprint density at radius 3 is 2.63 bits per heavy atom. The van der Waals surface area contributed by atoms with Crippen LogP contribution in [0.2, 0.25) is 0 Å². The summed E-state index contributed by atoms with van der Waals surface area (Å²) in [7, 11) is 2.17. The number of likely N-dealkylation sites (N-methyl/N-ethyl adjacent to an activating group) is 1. The number of hydrogen-bond donors (Lipinski definition) is 2. The average Bonchev–Trinajstić information content (AvgIpc) is 3.32. The van der Waals surface area contributed by atoms with Gasteiger partial charge in [-0.1, -0.05) is 36.4 Å². The lowest BCUT2D eigenvalue weighted by Crippen LogP contribution is -2.44. The van der Waals surface area contributed by atoms with Crippen molar-refractivity contribution in [1.82, 2.24) is 15.1 Å². The number of carbonyl (C=O) groups is 1. The van der Waals surface area contributed by atoms with Gasteiger partial charge < -0.3 is 15.1 Å². The first-order valence-corrected chi connectivity index (χ1v) is 12.6. The number of piperazine rings is 1. The van der Waals surface area contributed by atoms with Gasteiger partial charge in [0.2, 0.25) is 5.91 Å². The molecular formula is C29H31N5O. The van der Waals surface area contributed by atoms with Gasteiger partial charge in [-0.3, -0.25) is 9.89 Å². The molecule has 1 unspecified atom stereocenters. The minimum Gasteiger partial charge on any atom is -0.369 e. The van der Waals surface area contributed by atoms with Gasteiger partial charge in [0.05, 0.1) is 17.1 Å². The molecule has 0 bridgehead atoms. The van der Waals surface area contributed by atoms with Crippen LogP contribution in [0.4, 0.5) is 11.4 Å². The molecule has 6 rings (SSSR count). The summed E-state index contributed by atoms with van der Waals surface area (Å²) in [5.74, 6) is -0.0281. The Morgan fingerprint density at radius 1 is 1.00 bits per heavy atom. The topological polar surface area (TPSA) is 64.3 Å². The van der Waals surface area contributed by atoms with Gasteiger partial charge in [0.1, 0.15) is 0 Å². The summed E-state index contributed by atoms with van der Waals surface area (Å²) in [5, 5.41) is 11.9. The predicted molar refractivity (Wildman–Crippen MR) is 142 cm³/mol. The third kappa shape index (κ3) is 4.30. The second-order valence-electron chi connectivity index (χ2n) is 9.80. The fourth-order valence-electron chi connectivity index (χ4n) is 5.46. The van der Waals surface area contributed by atoms with Crippen LogP contribution in [-0.2, 0) is 11.2 Å². The Hall–Kier alpha value is -3.64. The van der Waals surface area contributed by atoms with Crippen molar-refractivity contribution in [2.24, 2.45) is 0 Å². The van der Waals surface area contributed by atoms with Gasteiger partial charge >= 0.3 is 0 Å². The molecule has 6 nitrogen and oxygen atoms in total. The molecule has 1 saturated heterocycles. The van der Waals surface area contributed by atoms with E-state index in [0.717, 1.165) is 73.3 Å². The van der Waals surface area contributed by atoms with Gasteiger partial charge in [0, 0.05) is 48.5 Å². The SMILES string of the molecule is CN1CCN(c2ccc(-c3n[nH]c4ccc(NC(=O)C5CCCc6ccccc65)cc34)cc2)CC1. The smallest absolute Gasteiger partial charge is 0.231 e. The Balaban J connectivity index is 1.23. The van der Waals surface area contributed by atoms with Crippen LogP contribution >= 0.6 is 0 Å². The fraction of sp³-hybridized carbons (Fsp3) is 0.310. The zero-order valence-corrected chi connectivity index (χ0v) is 20.1. The molecule has 2 N–H and O–H groups in total. The molecule has 0 spiro atoms. The molecular weight excluding hydrogens is 434 g/mol. The van der Waals surface area contributed by atoms with Crippen molar-refractivity contribution in [3.05, 3.63) is 77.9 Å². The van der Waals surface area contributed by atoms with Gasteiger partial charge in [0.15, 0.2) is 0 Å². The van der Waals surface area contributed by atoms with Crippen molar-refractivity contribution in [3.63, 3.8) is 0 Å². The van der Waals surface area contributed by atoms with Crippen LogP contribution < -0.4 is 10.2 Å². The first-order chi connectivity index (χ1) is 17.2. The molecule has 35 heavy (non-hydrogen) atoms. The number of H-pyrrole nitrogens is 1. The largest absolute Gasteiger partial charge is 0.369 e. The predicted octanol–water partition coefficient (Wildman–Crippen LogP) is 5.04. The van der Waals surface area contributed by atoms with Crippen molar-refractivity contribution in [1.29, 1.82) is 0 Å². The minimum absolute atomic E-state index is 0.0677. The summed E-state index contributed by atoms with van der Waals surface area (Å²) >= 11 is 0. The van der Waals surface area contributed by atoms with Crippen molar-refractivity contribution >= 4 is 28.2 Å². The molecule has 3 aromatic carbocycles. The highest BCUT2D eigenvalue weighted by Crippen LogP contribution is 2.34. The van der Waals surface area contributed by atoms with Crippen LogP contribution in [0.15, 0.2) is 66.7 Å². The lowest BCUT2D eigenvalue weighted by Gasteiger charge is -2.34. The number of fused-ring (bicyclic) bond motifs is 2. The molecule has 6 heteroatoms. The Morgan fingerprint density at radius 2 is 1.80 bits per heavy atom. The van der Waals surface area contributed by atoms with Crippen LogP contribution in [-0.4, -0.2) is 54.2 Å². The summed E-state index contributed by atoms with van der Waals surface area (Å²) in [5.41, 5.74) is 7.46. The number of amides is 1. The lowest BCUT2D eigenvalue weighted by atomic mass is 9.82. The number of aromatic nitrogens is 2. The van der Waals surface area contributed by atoms with E-state index in [2.05, 4.69) is 74.8 Å². The number of anilines is 2. The maximum Gasteiger partial charge on any atom is 0.231 e. The van der Waals surface area contributed by atoms with Crippen molar-refractivity contribution in [3.8, 4) is 11.3 Å². The van der Waals surface area contributed by atoms with E-state index in [0.29, 0.717) is 0 Å². The van der Waals surface area contributed by atoms with Crippen molar-refractivity contribution < 1.29 is 4.79 Å². The van der Waals surface area contributed by atoms with Crippen LogP contribution in [0.3, 0.4) is 0 Å². The van der Waals surface area contributed by atoms with Crippen LogP contribution in [0, 0.1) is 0 Å². The van der Waals surface area contributed by atoms with E-state index in [1.807, 2.05) is 24.3 Å². The molecule has 0 saturated carbocycles. The van der Waals surface area contributed by atoms with Gasteiger partial charge in [-0.15, -0.1) is 0 Å². The van der Waals surface area contributed by atoms with E-state index >= 15 is 0 Å². The van der Waals surface area contributed by atoms with Crippen LogP contribution in [0.1, 0.15) is 29.9 Å². The highest BCUT2D eigenvalue weighted by atomic mass is 16.1. The van der Waals surface area contributed by atoms with E-state index in [9.17, 15) is 4.79 Å². The molecule has 1 aliphatic carbocycles. The second-order valence-corrected chi connectivity index (χ2v) is 9.80. The number of aromatic amines is 1.